The second-order valence-corrected chi connectivity index (χ2v) is 5.03. The molecule has 0 amide bonds. The Morgan fingerprint density at radius 2 is 1.76 bits per heavy atom. The maximum absolute atomic E-state index is 5.76. The molecular formula is C14H23NO2. The third-order valence-electron chi connectivity index (χ3n) is 2.16. The maximum Gasteiger partial charge on any atom is 0.120 e. The minimum atomic E-state index is -0.141. The highest BCUT2D eigenvalue weighted by molar-refractivity contribution is 5.27. The lowest BCUT2D eigenvalue weighted by Crippen LogP contribution is -2.23. The van der Waals surface area contributed by atoms with Crippen molar-refractivity contribution in [2.45, 2.75) is 32.9 Å². The van der Waals surface area contributed by atoms with Crippen molar-refractivity contribution in [2.75, 3.05) is 20.3 Å². The fourth-order valence-electron chi connectivity index (χ4n) is 1.44. The Hall–Kier alpha value is -1.06. The van der Waals surface area contributed by atoms with Crippen molar-refractivity contribution in [2.24, 2.45) is 0 Å². The average Bonchev–Trinajstić information content (AvgIpc) is 2.25. The molecule has 1 aromatic carbocycles. The quantitative estimate of drug-likeness (QED) is 0.771. The summed E-state index contributed by atoms with van der Waals surface area (Å²) in [6.07, 6.45) is 0. The SMILES string of the molecule is COCCNCc1ccc(OC(C)(C)C)cc1. The molecule has 1 N–H and O–H groups in total. The summed E-state index contributed by atoms with van der Waals surface area (Å²) in [5, 5.41) is 3.30. The lowest BCUT2D eigenvalue weighted by Gasteiger charge is -2.21. The molecule has 17 heavy (non-hydrogen) atoms. The summed E-state index contributed by atoms with van der Waals surface area (Å²) in [5.74, 6) is 0.915. The van der Waals surface area contributed by atoms with E-state index in [1.807, 2.05) is 32.9 Å². The molecule has 0 fully saturated rings. The summed E-state index contributed by atoms with van der Waals surface area (Å²) in [6.45, 7) is 8.62. The molecule has 0 aromatic heterocycles. The zero-order chi connectivity index (χ0) is 12.7. The van der Waals surface area contributed by atoms with E-state index in [1.54, 1.807) is 7.11 Å². The minimum absolute atomic E-state index is 0.141. The highest BCUT2D eigenvalue weighted by atomic mass is 16.5. The fourth-order valence-corrected chi connectivity index (χ4v) is 1.44. The monoisotopic (exact) mass is 237 g/mol. The standard InChI is InChI=1S/C14H23NO2/c1-14(2,3)17-13-7-5-12(6-8-13)11-15-9-10-16-4/h5-8,15H,9-11H2,1-4H3. The van der Waals surface area contributed by atoms with Crippen LogP contribution in [0.15, 0.2) is 24.3 Å². The third kappa shape index (κ3) is 6.29. The number of hydrogen-bond donors (Lipinski definition) is 1. The molecule has 0 saturated carbocycles. The molecule has 0 radical (unpaired) electrons. The van der Waals surface area contributed by atoms with Crippen molar-refractivity contribution in [1.29, 1.82) is 0 Å². The van der Waals surface area contributed by atoms with E-state index in [0.29, 0.717) is 0 Å². The summed E-state index contributed by atoms with van der Waals surface area (Å²) in [6, 6.07) is 8.19. The average molecular weight is 237 g/mol. The molecule has 0 saturated heterocycles. The van der Waals surface area contributed by atoms with Crippen LogP contribution in [0.3, 0.4) is 0 Å². The highest BCUT2D eigenvalue weighted by Gasteiger charge is 2.11. The van der Waals surface area contributed by atoms with E-state index in [4.69, 9.17) is 9.47 Å². The molecule has 1 rings (SSSR count). The van der Waals surface area contributed by atoms with Gasteiger partial charge in [-0.05, 0) is 38.5 Å². The molecule has 0 heterocycles. The van der Waals surface area contributed by atoms with Crippen LogP contribution in [0.25, 0.3) is 0 Å². The molecule has 0 aliphatic heterocycles. The van der Waals surface area contributed by atoms with Crippen LogP contribution >= 0.6 is 0 Å². The van der Waals surface area contributed by atoms with Crippen molar-refractivity contribution in [3.63, 3.8) is 0 Å². The first-order valence-electron chi connectivity index (χ1n) is 5.99. The van der Waals surface area contributed by atoms with Gasteiger partial charge >= 0.3 is 0 Å². The van der Waals surface area contributed by atoms with Crippen LogP contribution in [0.5, 0.6) is 5.75 Å². The number of nitrogens with one attached hydrogen (secondary N) is 1. The van der Waals surface area contributed by atoms with Gasteiger partial charge in [0.25, 0.3) is 0 Å². The summed E-state index contributed by atoms with van der Waals surface area (Å²) in [7, 11) is 1.71. The Kier molecular flexibility index (Phi) is 5.45. The molecule has 0 aliphatic rings. The van der Waals surface area contributed by atoms with Gasteiger partial charge in [-0.25, -0.2) is 0 Å². The van der Waals surface area contributed by atoms with Crippen LogP contribution in [-0.4, -0.2) is 25.9 Å². The van der Waals surface area contributed by atoms with E-state index < -0.39 is 0 Å². The second kappa shape index (κ2) is 6.62. The Morgan fingerprint density at radius 3 is 2.29 bits per heavy atom. The number of ether oxygens (including phenoxy) is 2. The molecule has 96 valence electrons. The zero-order valence-corrected chi connectivity index (χ0v) is 11.2. The largest absolute Gasteiger partial charge is 0.488 e. The van der Waals surface area contributed by atoms with Crippen molar-refractivity contribution < 1.29 is 9.47 Å². The molecule has 0 unspecified atom stereocenters. The Bertz CT molecular complexity index is 314. The van der Waals surface area contributed by atoms with E-state index >= 15 is 0 Å². The van der Waals surface area contributed by atoms with Crippen LogP contribution in [-0.2, 0) is 11.3 Å². The smallest absolute Gasteiger partial charge is 0.120 e. The van der Waals surface area contributed by atoms with E-state index in [9.17, 15) is 0 Å². The molecule has 0 aliphatic carbocycles. The van der Waals surface area contributed by atoms with E-state index in [0.717, 1.165) is 25.4 Å². The number of methoxy groups -OCH3 is 1. The van der Waals surface area contributed by atoms with Gasteiger partial charge in [0.1, 0.15) is 11.4 Å². The Balaban J connectivity index is 2.39. The summed E-state index contributed by atoms with van der Waals surface area (Å²) >= 11 is 0. The van der Waals surface area contributed by atoms with Crippen molar-refractivity contribution >= 4 is 0 Å². The Morgan fingerprint density at radius 1 is 1.12 bits per heavy atom. The first-order chi connectivity index (χ1) is 8.01. The molecule has 3 nitrogen and oxygen atoms in total. The van der Waals surface area contributed by atoms with Crippen LogP contribution < -0.4 is 10.1 Å². The molecule has 0 bridgehead atoms. The molecule has 3 heteroatoms. The second-order valence-electron chi connectivity index (χ2n) is 5.03. The number of benzene rings is 1. The van der Waals surface area contributed by atoms with Crippen LogP contribution in [0.1, 0.15) is 26.3 Å². The van der Waals surface area contributed by atoms with Gasteiger partial charge in [0.05, 0.1) is 6.61 Å². The van der Waals surface area contributed by atoms with Crippen LogP contribution in [0, 0.1) is 0 Å². The topological polar surface area (TPSA) is 30.5 Å². The normalized spacial score (nSPS) is 11.5. The van der Waals surface area contributed by atoms with Gasteiger partial charge in [-0.1, -0.05) is 12.1 Å². The molecule has 0 spiro atoms. The lowest BCUT2D eigenvalue weighted by atomic mass is 10.1. The predicted octanol–water partition coefficient (Wildman–Crippen LogP) is 2.60. The Labute approximate surface area is 104 Å². The van der Waals surface area contributed by atoms with Gasteiger partial charge in [0, 0.05) is 20.2 Å². The van der Waals surface area contributed by atoms with Gasteiger partial charge in [0.15, 0.2) is 0 Å². The minimum Gasteiger partial charge on any atom is -0.488 e. The number of rotatable bonds is 6. The van der Waals surface area contributed by atoms with Crippen molar-refractivity contribution in [3.05, 3.63) is 29.8 Å². The van der Waals surface area contributed by atoms with Crippen molar-refractivity contribution in [3.8, 4) is 5.75 Å². The third-order valence-corrected chi connectivity index (χ3v) is 2.16. The summed E-state index contributed by atoms with van der Waals surface area (Å²) in [4.78, 5) is 0. The van der Waals surface area contributed by atoms with Gasteiger partial charge < -0.3 is 14.8 Å². The van der Waals surface area contributed by atoms with Crippen LogP contribution in [0.4, 0.5) is 0 Å². The van der Waals surface area contributed by atoms with Crippen LogP contribution in [0.2, 0.25) is 0 Å². The van der Waals surface area contributed by atoms with E-state index in [-0.39, 0.29) is 5.60 Å². The fraction of sp³-hybridized carbons (Fsp3) is 0.571. The maximum atomic E-state index is 5.76. The lowest BCUT2D eigenvalue weighted by molar-refractivity contribution is 0.131. The highest BCUT2D eigenvalue weighted by Crippen LogP contribution is 2.18. The predicted molar refractivity (Wildman–Crippen MR) is 70.4 cm³/mol. The van der Waals surface area contributed by atoms with Gasteiger partial charge in [-0.15, -0.1) is 0 Å². The van der Waals surface area contributed by atoms with Gasteiger partial charge in [-0.3, -0.25) is 0 Å². The van der Waals surface area contributed by atoms with Crippen molar-refractivity contribution in [1.82, 2.24) is 5.32 Å². The van der Waals surface area contributed by atoms with E-state index in [2.05, 4.69) is 17.4 Å². The van der Waals surface area contributed by atoms with Gasteiger partial charge in [0.2, 0.25) is 0 Å². The first-order valence-corrected chi connectivity index (χ1v) is 5.99. The first kappa shape index (κ1) is 14.0. The summed E-state index contributed by atoms with van der Waals surface area (Å²) in [5.41, 5.74) is 1.11. The molecular weight excluding hydrogens is 214 g/mol. The molecule has 0 atom stereocenters. The summed E-state index contributed by atoms with van der Waals surface area (Å²) < 4.78 is 10.7. The number of hydrogen-bond acceptors (Lipinski definition) is 3. The van der Waals surface area contributed by atoms with E-state index in [1.165, 1.54) is 5.56 Å². The molecule has 1 aromatic rings. The zero-order valence-electron chi connectivity index (χ0n) is 11.2. The van der Waals surface area contributed by atoms with Gasteiger partial charge in [-0.2, -0.15) is 0 Å².